The summed E-state index contributed by atoms with van der Waals surface area (Å²) in [4.78, 5) is 28.4. The third-order valence-electron chi connectivity index (χ3n) is 6.08. The number of benzene rings is 3. The number of anilines is 2. The van der Waals surface area contributed by atoms with E-state index < -0.39 is 0 Å². The summed E-state index contributed by atoms with van der Waals surface area (Å²) >= 11 is 0. The van der Waals surface area contributed by atoms with Crippen molar-refractivity contribution in [3.05, 3.63) is 90.0 Å². The number of aryl methyl sites for hydroxylation is 1. The summed E-state index contributed by atoms with van der Waals surface area (Å²) in [6.45, 7) is 2.07. The molecule has 0 saturated carbocycles. The van der Waals surface area contributed by atoms with Gasteiger partial charge >= 0.3 is 0 Å². The SMILES string of the molecule is CCc1ccccc1NC(=O)[C@@H]1CCC(=O)N(c2ccc(OC)cc2)[C@@H]1c1ccccc1. The summed E-state index contributed by atoms with van der Waals surface area (Å²) in [7, 11) is 1.61. The van der Waals surface area contributed by atoms with Gasteiger partial charge in [-0.25, -0.2) is 0 Å². The maximum atomic E-state index is 13.5. The fourth-order valence-corrected chi connectivity index (χ4v) is 4.42. The molecule has 0 radical (unpaired) electrons. The van der Waals surface area contributed by atoms with Crippen LogP contribution < -0.4 is 15.0 Å². The number of carbonyl (C=O) groups excluding carboxylic acids is 2. The molecular formula is C27H28N2O3. The molecule has 0 bridgehead atoms. The maximum absolute atomic E-state index is 13.5. The Morgan fingerprint density at radius 1 is 1.00 bits per heavy atom. The van der Waals surface area contributed by atoms with Gasteiger partial charge in [0.05, 0.1) is 19.1 Å². The lowest BCUT2D eigenvalue weighted by molar-refractivity contribution is -0.125. The molecule has 164 valence electrons. The monoisotopic (exact) mass is 428 g/mol. The van der Waals surface area contributed by atoms with Gasteiger partial charge in [0, 0.05) is 17.8 Å². The van der Waals surface area contributed by atoms with E-state index in [2.05, 4.69) is 12.2 Å². The van der Waals surface area contributed by atoms with E-state index in [0.717, 1.165) is 34.7 Å². The van der Waals surface area contributed by atoms with Crippen LogP contribution in [0.5, 0.6) is 5.75 Å². The minimum Gasteiger partial charge on any atom is -0.497 e. The molecule has 1 fully saturated rings. The Hall–Kier alpha value is -3.60. The summed E-state index contributed by atoms with van der Waals surface area (Å²) in [5, 5.41) is 3.14. The first kappa shape index (κ1) is 21.6. The molecule has 2 atom stereocenters. The number of nitrogens with zero attached hydrogens (tertiary/aromatic N) is 1. The first-order valence-corrected chi connectivity index (χ1v) is 11.0. The second kappa shape index (κ2) is 9.69. The first-order valence-electron chi connectivity index (χ1n) is 11.0. The molecule has 3 aromatic rings. The smallest absolute Gasteiger partial charge is 0.229 e. The lowest BCUT2D eigenvalue weighted by atomic mass is 9.83. The Morgan fingerprint density at radius 2 is 1.69 bits per heavy atom. The highest BCUT2D eigenvalue weighted by molar-refractivity contribution is 6.00. The summed E-state index contributed by atoms with van der Waals surface area (Å²) in [6, 6.07) is 24.7. The fraction of sp³-hybridized carbons (Fsp3) is 0.259. The predicted octanol–water partition coefficient (Wildman–Crippen LogP) is 5.38. The Morgan fingerprint density at radius 3 is 2.38 bits per heavy atom. The molecule has 4 rings (SSSR count). The number of hydrogen-bond acceptors (Lipinski definition) is 3. The minimum absolute atomic E-state index is 0.0158. The van der Waals surface area contributed by atoms with E-state index in [0.29, 0.717) is 12.8 Å². The molecule has 2 amide bonds. The zero-order valence-corrected chi connectivity index (χ0v) is 18.5. The number of ether oxygens (including phenoxy) is 1. The lowest BCUT2D eigenvalue weighted by Gasteiger charge is -2.41. The van der Waals surface area contributed by atoms with Gasteiger partial charge < -0.3 is 15.0 Å². The molecule has 0 unspecified atom stereocenters. The van der Waals surface area contributed by atoms with Crippen LogP contribution in [0.25, 0.3) is 0 Å². The molecular weight excluding hydrogens is 400 g/mol. The zero-order valence-electron chi connectivity index (χ0n) is 18.5. The predicted molar refractivity (Wildman–Crippen MR) is 127 cm³/mol. The Bertz CT molecular complexity index is 1080. The van der Waals surface area contributed by atoms with Crippen molar-refractivity contribution >= 4 is 23.2 Å². The Labute approximate surface area is 189 Å². The summed E-state index contributed by atoms with van der Waals surface area (Å²) < 4.78 is 5.27. The highest BCUT2D eigenvalue weighted by atomic mass is 16.5. The lowest BCUT2D eigenvalue weighted by Crippen LogP contribution is -2.47. The quantitative estimate of drug-likeness (QED) is 0.573. The second-order valence-electron chi connectivity index (χ2n) is 7.96. The number of para-hydroxylation sites is 1. The largest absolute Gasteiger partial charge is 0.497 e. The standard InChI is InChI=1S/C27H28N2O3/c1-3-19-9-7-8-12-24(19)28-27(31)23-17-18-25(30)29(21-13-15-22(32-2)16-14-21)26(23)20-10-5-4-6-11-20/h4-16,23,26H,3,17-18H2,1-2H3,(H,28,31)/t23-,26-/m1/s1. The average Bonchev–Trinajstić information content (AvgIpc) is 2.84. The van der Waals surface area contributed by atoms with Crippen LogP contribution in [0.1, 0.15) is 36.9 Å². The van der Waals surface area contributed by atoms with Crippen molar-refractivity contribution in [2.24, 2.45) is 5.92 Å². The van der Waals surface area contributed by atoms with Gasteiger partial charge in [0.1, 0.15) is 5.75 Å². The number of methoxy groups -OCH3 is 1. The van der Waals surface area contributed by atoms with Gasteiger partial charge in [-0.1, -0.05) is 55.5 Å². The van der Waals surface area contributed by atoms with Crippen LogP contribution >= 0.6 is 0 Å². The average molecular weight is 429 g/mol. The molecule has 0 spiro atoms. The van der Waals surface area contributed by atoms with Crippen LogP contribution in [-0.2, 0) is 16.0 Å². The number of nitrogens with one attached hydrogen (secondary N) is 1. The molecule has 0 aliphatic carbocycles. The van der Waals surface area contributed by atoms with Crippen LogP contribution in [-0.4, -0.2) is 18.9 Å². The highest BCUT2D eigenvalue weighted by Gasteiger charge is 2.41. The number of rotatable bonds is 6. The Kier molecular flexibility index (Phi) is 6.55. The molecule has 3 aromatic carbocycles. The van der Waals surface area contributed by atoms with Crippen molar-refractivity contribution in [2.75, 3.05) is 17.3 Å². The summed E-state index contributed by atoms with van der Waals surface area (Å²) in [6.07, 6.45) is 1.66. The van der Waals surface area contributed by atoms with Crippen molar-refractivity contribution in [1.29, 1.82) is 0 Å². The van der Waals surface area contributed by atoms with E-state index in [-0.39, 0.29) is 23.8 Å². The maximum Gasteiger partial charge on any atom is 0.229 e. The fourth-order valence-electron chi connectivity index (χ4n) is 4.42. The topological polar surface area (TPSA) is 58.6 Å². The van der Waals surface area contributed by atoms with Crippen molar-refractivity contribution in [1.82, 2.24) is 0 Å². The molecule has 1 aliphatic heterocycles. The van der Waals surface area contributed by atoms with Crippen LogP contribution in [0, 0.1) is 5.92 Å². The molecule has 32 heavy (non-hydrogen) atoms. The van der Waals surface area contributed by atoms with E-state index in [9.17, 15) is 9.59 Å². The normalized spacial score (nSPS) is 18.3. The molecule has 1 aliphatic rings. The van der Waals surface area contributed by atoms with Crippen molar-refractivity contribution in [3.63, 3.8) is 0 Å². The highest BCUT2D eigenvalue weighted by Crippen LogP contribution is 2.41. The van der Waals surface area contributed by atoms with Crippen LogP contribution in [0.4, 0.5) is 11.4 Å². The molecule has 5 nitrogen and oxygen atoms in total. The van der Waals surface area contributed by atoms with Gasteiger partial charge in [0.15, 0.2) is 0 Å². The second-order valence-corrected chi connectivity index (χ2v) is 7.96. The van der Waals surface area contributed by atoms with E-state index >= 15 is 0 Å². The van der Waals surface area contributed by atoms with Crippen LogP contribution in [0.2, 0.25) is 0 Å². The number of hydrogen-bond donors (Lipinski definition) is 1. The summed E-state index contributed by atoms with van der Waals surface area (Å²) in [5.74, 6) is 0.301. The van der Waals surface area contributed by atoms with Crippen LogP contribution in [0.3, 0.4) is 0 Å². The summed E-state index contributed by atoms with van der Waals surface area (Å²) in [5.41, 5.74) is 3.63. The number of carbonyl (C=O) groups is 2. The number of amides is 2. The van der Waals surface area contributed by atoms with E-state index in [1.54, 1.807) is 12.0 Å². The van der Waals surface area contributed by atoms with Crippen molar-refractivity contribution in [3.8, 4) is 5.75 Å². The zero-order chi connectivity index (χ0) is 22.5. The van der Waals surface area contributed by atoms with E-state index in [1.165, 1.54) is 0 Å². The molecule has 1 saturated heterocycles. The molecule has 1 N–H and O–H groups in total. The van der Waals surface area contributed by atoms with E-state index in [1.807, 2.05) is 78.9 Å². The van der Waals surface area contributed by atoms with Gasteiger partial charge in [-0.3, -0.25) is 9.59 Å². The molecule has 0 aromatic heterocycles. The number of piperidine rings is 1. The van der Waals surface area contributed by atoms with Gasteiger partial charge in [0.25, 0.3) is 0 Å². The van der Waals surface area contributed by atoms with Gasteiger partial charge in [-0.05, 0) is 54.3 Å². The first-order chi connectivity index (χ1) is 15.6. The van der Waals surface area contributed by atoms with Crippen molar-refractivity contribution < 1.29 is 14.3 Å². The third-order valence-corrected chi connectivity index (χ3v) is 6.08. The van der Waals surface area contributed by atoms with Crippen LogP contribution in [0.15, 0.2) is 78.9 Å². The van der Waals surface area contributed by atoms with Gasteiger partial charge in [-0.15, -0.1) is 0 Å². The van der Waals surface area contributed by atoms with Gasteiger partial charge in [-0.2, -0.15) is 0 Å². The van der Waals surface area contributed by atoms with Crippen molar-refractivity contribution in [2.45, 2.75) is 32.2 Å². The van der Waals surface area contributed by atoms with E-state index in [4.69, 9.17) is 4.74 Å². The minimum atomic E-state index is -0.389. The van der Waals surface area contributed by atoms with Gasteiger partial charge in [0.2, 0.25) is 11.8 Å². The Balaban J connectivity index is 1.72. The molecule has 1 heterocycles. The molecule has 5 heteroatoms. The third kappa shape index (κ3) is 4.37.